The maximum absolute atomic E-state index is 16.8. The van der Waals surface area contributed by atoms with Crippen LogP contribution in [0.15, 0.2) is 59.8 Å². The lowest BCUT2D eigenvalue weighted by atomic mass is 9.93. The molecule has 1 saturated heterocycles. The first-order valence-electron chi connectivity index (χ1n) is 21.6. The summed E-state index contributed by atoms with van der Waals surface area (Å²) in [5.41, 5.74) is 5.35. The molecule has 0 bridgehead atoms. The number of thioether (sulfide) groups is 1. The Morgan fingerprint density at radius 2 is 1.85 bits per heavy atom. The number of ether oxygens (including phenoxy) is 2. The molecule has 12 nitrogen and oxygen atoms in total. The molecule has 3 aliphatic heterocycles. The van der Waals surface area contributed by atoms with Crippen molar-refractivity contribution in [2.45, 2.75) is 103 Å². The molecule has 1 saturated carbocycles. The van der Waals surface area contributed by atoms with E-state index in [1.54, 1.807) is 11.1 Å². The highest BCUT2D eigenvalue weighted by Crippen LogP contribution is 2.54. The minimum absolute atomic E-state index is 0.162. The number of amides is 2. The van der Waals surface area contributed by atoms with E-state index < -0.39 is 24.2 Å². The molecule has 9 rings (SSSR count). The maximum atomic E-state index is 16.8. The van der Waals surface area contributed by atoms with E-state index in [-0.39, 0.29) is 24.4 Å². The molecule has 3 unspecified atom stereocenters. The summed E-state index contributed by atoms with van der Waals surface area (Å²) in [4.78, 5) is 44.9. The standard InChI is InChI=1S/C46H55FN8O4S/c1-6-16-54(44(56)41(25(2)3)53-46(57)58-5)24-39-49-22-34(51-39)29-19-31(47)40-36-20-30-18-28(33-23-50-43(52-33)32-12-9-15-48-32)13-14-35(30)55(36)45(59-37(40)21-29)38-17-26(4)42(60-38)27-10-7-8-11-27/h13-14,17-23,25-27,32,41-42,45,48H,6-12,15-16,24H2,1-5H3,(H,49,51)(H,50,52)(H,53,57)/t26?,32-,41-,42?,45?/m0/s1. The highest BCUT2D eigenvalue weighted by Gasteiger charge is 2.40. The van der Waals surface area contributed by atoms with Gasteiger partial charge in [-0.15, -0.1) is 11.8 Å². The van der Waals surface area contributed by atoms with Crippen LogP contribution in [0.25, 0.3) is 44.7 Å². The van der Waals surface area contributed by atoms with Gasteiger partial charge in [0, 0.05) is 33.2 Å². The van der Waals surface area contributed by atoms with Crippen molar-refractivity contribution in [1.29, 1.82) is 0 Å². The molecule has 5 aromatic rings. The molecule has 60 heavy (non-hydrogen) atoms. The molecule has 0 radical (unpaired) electrons. The molecule has 2 amide bonds. The SMILES string of the molecule is CCCN(Cc1ncc(-c2cc(F)c3c(c2)OC(C2=CC(C)C(C4CCCC4)S2)n2c-3cc3cc(-c4cnc([C@@H]5CCCN5)[nH]4)ccc32)[nH]1)C(=O)[C@@H](NC(=O)OC)C(C)C. The number of methoxy groups -OCH3 is 1. The first-order chi connectivity index (χ1) is 29.1. The van der Waals surface area contributed by atoms with Crippen molar-refractivity contribution in [3.8, 4) is 39.5 Å². The van der Waals surface area contributed by atoms with Gasteiger partial charge in [-0.2, -0.15) is 0 Å². The van der Waals surface area contributed by atoms with E-state index >= 15 is 4.39 Å². The largest absolute Gasteiger partial charge is 0.465 e. The van der Waals surface area contributed by atoms with Gasteiger partial charge in [0.1, 0.15) is 29.3 Å². The Hall–Kier alpha value is -5.08. The third-order valence-electron chi connectivity index (χ3n) is 12.7. The molecule has 5 atom stereocenters. The zero-order valence-corrected chi connectivity index (χ0v) is 35.8. The van der Waals surface area contributed by atoms with Crippen molar-refractivity contribution < 1.29 is 23.5 Å². The van der Waals surface area contributed by atoms with Crippen molar-refractivity contribution in [2.24, 2.45) is 17.8 Å². The number of allylic oxidation sites excluding steroid dienone is 1. The monoisotopic (exact) mass is 834 g/mol. The highest BCUT2D eigenvalue weighted by molar-refractivity contribution is 8.04. The van der Waals surface area contributed by atoms with Gasteiger partial charge in [-0.3, -0.25) is 9.36 Å². The number of imidazole rings is 2. The summed E-state index contributed by atoms with van der Waals surface area (Å²) >= 11 is 1.94. The summed E-state index contributed by atoms with van der Waals surface area (Å²) in [5.74, 6) is 2.27. The van der Waals surface area contributed by atoms with Crippen LogP contribution in [-0.2, 0) is 16.1 Å². The minimum atomic E-state index is -0.762. The van der Waals surface area contributed by atoms with Crippen LogP contribution in [0.5, 0.6) is 5.75 Å². The van der Waals surface area contributed by atoms with Gasteiger partial charge >= 0.3 is 6.09 Å². The van der Waals surface area contributed by atoms with Crippen LogP contribution in [0.2, 0.25) is 0 Å². The number of hydrogen-bond donors (Lipinski definition) is 4. The zero-order chi connectivity index (χ0) is 41.7. The maximum Gasteiger partial charge on any atom is 0.407 e. The number of alkyl carbamates (subject to hydrolysis) is 1. The molecule has 1 aliphatic carbocycles. The van der Waals surface area contributed by atoms with Crippen molar-refractivity contribution in [3.63, 3.8) is 0 Å². The van der Waals surface area contributed by atoms with Crippen LogP contribution in [0.1, 0.15) is 96.6 Å². The number of benzene rings is 2. The van der Waals surface area contributed by atoms with Gasteiger partial charge in [0.15, 0.2) is 0 Å². The van der Waals surface area contributed by atoms with E-state index in [9.17, 15) is 9.59 Å². The van der Waals surface area contributed by atoms with Crippen LogP contribution >= 0.6 is 11.8 Å². The number of H-pyrrole nitrogens is 2. The van der Waals surface area contributed by atoms with E-state index in [0.29, 0.717) is 58.4 Å². The second kappa shape index (κ2) is 16.8. The van der Waals surface area contributed by atoms with Crippen LogP contribution in [0, 0.1) is 23.6 Å². The Bertz CT molecular complexity index is 2420. The number of carbonyl (C=O) groups is 2. The van der Waals surface area contributed by atoms with Crippen molar-refractivity contribution in [2.75, 3.05) is 20.2 Å². The summed E-state index contributed by atoms with van der Waals surface area (Å²) in [6, 6.07) is 11.4. The van der Waals surface area contributed by atoms with Crippen LogP contribution in [0.3, 0.4) is 0 Å². The minimum Gasteiger partial charge on any atom is -0.465 e. The van der Waals surface area contributed by atoms with Gasteiger partial charge in [0.25, 0.3) is 0 Å². The first kappa shape index (κ1) is 40.3. The Labute approximate surface area is 354 Å². The van der Waals surface area contributed by atoms with Crippen molar-refractivity contribution in [1.82, 2.24) is 40.0 Å². The van der Waals surface area contributed by atoms with E-state index in [1.165, 1.54) is 38.9 Å². The van der Waals surface area contributed by atoms with Gasteiger partial charge in [-0.05, 0) is 86.7 Å². The average molecular weight is 835 g/mol. The molecule has 2 fully saturated rings. The summed E-state index contributed by atoms with van der Waals surface area (Å²) in [5, 5.41) is 7.70. The van der Waals surface area contributed by atoms with E-state index in [0.717, 1.165) is 58.0 Å². The fourth-order valence-electron chi connectivity index (χ4n) is 9.68. The lowest BCUT2D eigenvalue weighted by Crippen LogP contribution is -2.51. The number of fused-ring (bicyclic) bond motifs is 5. The summed E-state index contributed by atoms with van der Waals surface area (Å²) < 4.78 is 30.8. The molecule has 316 valence electrons. The van der Waals surface area contributed by atoms with Gasteiger partial charge in [-0.1, -0.05) is 52.7 Å². The van der Waals surface area contributed by atoms with E-state index in [2.05, 4.69) is 67.4 Å². The van der Waals surface area contributed by atoms with Crippen LogP contribution in [0.4, 0.5) is 9.18 Å². The smallest absolute Gasteiger partial charge is 0.407 e. The van der Waals surface area contributed by atoms with Gasteiger partial charge < -0.3 is 35.0 Å². The molecular weight excluding hydrogens is 780 g/mol. The van der Waals surface area contributed by atoms with Crippen molar-refractivity contribution >= 4 is 34.7 Å². The number of nitrogens with one attached hydrogen (secondary N) is 4. The molecule has 14 heteroatoms. The lowest BCUT2D eigenvalue weighted by molar-refractivity contribution is -0.135. The Morgan fingerprint density at radius 3 is 2.60 bits per heavy atom. The Morgan fingerprint density at radius 1 is 1.05 bits per heavy atom. The number of hydrogen-bond acceptors (Lipinski definition) is 8. The normalized spacial score (nSPS) is 21.8. The summed E-state index contributed by atoms with van der Waals surface area (Å²) in [6.07, 6.45) is 12.9. The van der Waals surface area contributed by atoms with E-state index in [4.69, 9.17) is 14.5 Å². The quantitative estimate of drug-likeness (QED) is 0.0975. The number of carbonyl (C=O) groups excluding carboxylic acids is 2. The van der Waals surface area contributed by atoms with E-state index in [1.807, 2.05) is 44.8 Å². The number of aromatic nitrogens is 5. The second-order valence-electron chi connectivity index (χ2n) is 17.2. The fraction of sp³-hybridized carbons (Fsp3) is 0.478. The summed E-state index contributed by atoms with van der Waals surface area (Å²) in [7, 11) is 1.28. The number of aromatic amines is 2. The molecule has 2 aromatic carbocycles. The van der Waals surface area contributed by atoms with Crippen molar-refractivity contribution in [3.05, 3.63) is 77.2 Å². The molecule has 4 aliphatic rings. The highest BCUT2D eigenvalue weighted by atomic mass is 32.2. The molecular formula is C46H55FN8O4S. The third kappa shape index (κ3) is 7.61. The van der Waals surface area contributed by atoms with Crippen LogP contribution < -0.4 is 15.4 Å². The first-order valence-corrected chi connectivity index (χ1v) is 22.5. The number of halogens is 1. The fourth-order valence-corrected chi connectivity index (χ4v) is 11.3. The third-order valence-corrected chi connectivity index (χ3v) is 14.4. The molecule has 4 N–H and O–H groups in total. The number of rotatable bonds is 12. The van der Waals surface area contributed by atoms with Gasteiger partial charge in [0.05, 0.1) is 60.3 Å². The Kier molecular flexibility index (Phi) is 11.3. The van der Waals surface area contributed by atoms with Gasteiger partial charge in [0.2, 0.25) is 12.1 Å². The molecule has 3 aromatic heterocycles. The van der Waals surface area contributed by atoms with Gasteiger partial charge in [-0.25, -0.2) is 19.2 Å². The predicted octanol–water partition coefficient (Wildman–Crippen LogP) is 9.49. The molecule has 0 spiro atoms. The second-order valence-corrected chi connectivity index (χ2v) is 18.5. The summed E-state index contributed by atoms with van der Waals surface area (Å²) in [6.45, 7) is 9.73. The zero-order valence-electron chi connectivity index (χ0n) is 35.0. The molecule has 6 heterocycles. The van der Waals surface area contributed by atoms with Crippen LogP contribution in [-0.4, -0.2) is 72.9 Å². The average Bonchev–Trinajstić information content (AvgIpc) is 4.09. The topological polar surface area (TPSA) is 142 Å². The number of nitrogens with zero attached hydrogens (tertiary/aromatic N) is 4. The Balaban J connectivity index is 1.05. The lowest BCUT2D eigenvalue weighted by Gasteiger charge is -2.32. The predicted molar refractivity (Wildman–Crippen MR) is 233 cm³/mol.